The molecular formula is C14H15Br2NS. The fourth-order valence-electron chi connectivity index (χ4n) is 1.94. The molecule has 0 spiro atoms. The third-order valence-electron chi connectivity index (χ3n) is 2.89. The zero-order valence-corrected chi connectivity index (χ0v) is 14.3. The van der Waals surface area contributed by atoms with Crippen molar-refractivity contribution in [3.63, 3.8) is 0 Å². The summed E-state index contributed by atoms with van der Waals surface area (Å²) in [7, 11) is 0. The van der Waals surface area contributed by atoms with Gasteiger partial charge in [-0.05, 0) is 58.9 Å². The first-order valence-electron chi connectivity index (χ1n) is 5.82. The van der Waals surface area contributed by atoms with Gasteiger partial charge in [-0.2, -0.15) is 0 Å². The van der Waals surface area contributed by atoms with E-state index in [-0.39, 0.29) is 0 Å². The second kappa shape index (κ2) is 6.33. The normalized spacial score (nSPS) is 14.4. The molecule has 2 rings (SSSR count). The molecule has 2 atom stereocenters. The van der Waals surface area contributed by atoms with Crippen molar-refractivity contribution in [1.29, 1.82) is 0 Å². The molecule has 0 amide bonds. The largest absolute Gasteiger partial charge is 0.303 e. The van der Waals surface area contributed by atoms with E-state index in [9.17, 15) is 0 Å². The molecule has 2 aromatic rings. The van der Waals surface area contributed by atoms with Crippen LogP contribution >= 0.6 is 43.2 Å². The minimum absolute atomic E-state index is 0.325. The lowest BCUT2D eigenvalue weighted by molar-refractivity contribution is 0.499. The zero-order valence-electron chi connectivity index (χ0n) is 10.3. The molecule has 2 unspecified atom stereocenters. The smallest absolute Gasteiger partial charge is 0.0402 e. The Labute approximate surface area is 129 Å². The minimum Gasteiger partial charge on any atom is -0.303 e. The molecule has 18 heavy (non-hydrogen) atoms. The van der Waals surface area contributed by atoms with Crippen LogP contribution in [-0.2, 0) is 0 Å². The lowest BCUT2D eigenvalue weighted by Crippen LogP contribution is -2.22. The van der Waals surface area contributed by atoms with Crippen LogP contribution in [0.3, 0.4) is 0 Å². The van der Waals surface area contributed by atoms with E-state index in [2.05, 4.69) is 86.7 Å². The summed E-state index contributed by atoms with van der Waals surface area (Å²) in [5, 5.41) is 5.74. The van der Waals surface area contributed by atoms with Gasteiger partial charge < -0.3 is 5.32 Å². The summed E-state index contributed by atoms with van der Waals surface area (Å²) in [6.45, 7) is 4.39. The molecule has 0 saturated heterocycles. The molecule has 0 aliphatic heterocycles. The number of thiophene rings is 1. The summed E-state index contributed by atoms with van der Waals surface area (Å²) in [5.74, 6) is 0. The average Bonchev–Trinajstić information content (AvgIpc) is 2.75. The van der Waals surface area contributed by atoms with Crippen LogP contribution in [-0.4, -0.2) is 0 Å². The maximum absolute atomic E-state index is 3.63. The van der Waals surface area contributed by atoms with Crippen LogP contribution in [0, 0.1) is 0 Å². The van der Waals surface area contributed by atoms with Crippen molar-refractivity contribution in [2.24, 2.45) is 0 Å². The molecule has 0 aliphatic carbocycles. The van der Waals surface area contributed by atoms with E-state index in [0.717, 1.165) is 4.47 Å². The number of hydrogen-bond donors (Lipinski definition) is 1. The van der Waals surface area contributed by atoms with Crippen LogP contribution in [0.2, 0.25) is 0 Å². The van der Waals surface area contributed by atoms with E-state index in [0.29, 0.717) is 12.1 Å². The fourth-order valence-corrected chi connectivity index (χ4v) is 4.09. The first-order chi connectivity index (χ1) is 8.58. The molecule has 1 aromatic heterocycles. The van der Waals surface area contributed by atoms with Crippen molar-refractivity contribution < 1.29 is 0 Å². The van der Waals surface area contributed by atoms with Crippen LogP contribution < -0.4 is 5.32 Å². The maximum Gasteiger partial charge on any atom is 0.0402 e. The van der Waals surface area contributed by atoms with Crippen molar-refractivity contribution in [2.75, 3.05) is 0 Å². The number of benzene rings is 1. The highest BCUT2D eigenvalue weighted by Crippen LogP contribution is 2.30. The molecule has 1 N–H and O–H groups in total. The van der Waals surface area contributed by atoms with Crippen LogP contribution in [0.4, 0.5) is 0 Å². The van der Waals surface area contributed by atoms with Gasteiger partial charge in [-0.25, -0.2) is 0 Å². The lowest BCUT2D eigenvalue weighted by atomic mass is 10.1. The van der Waals surface area contributed by atoms with Gasteiger partial charge in [-0.1, -0.05) is 28.1 Å². The van der Waals surface area contributed by atoms with E-state index in [1.165, 1.54) is 14.9 Å². The van der Waals surface area contributed by atoms with Crippen molar-refractivity contribution in [3.05, 3.63) is 55.1 Å². The van der Waals surface area contributed by atoms with Crippen LogP contribution in [0.15, 0.2) is 44.7 Å². The Kier molecular flexibility index (Phi) is 5.01. The Morgan fingerprint density at radius 2 is 1.89 bits per heavy atom. The van der Waals surface area contributed by atoms with E-state index in [1.807, 2.05) is 0 Å². The molecule has 0 radical (unpaired) electrons. The van der Waals surface area contributed by atoms with E-state index in [1.54, 1.807) is 11.3 Å². The molecule has 0 bridgehead atoms. The van der Waals surface area contributed by atoms with Gasteiger partial charge in [0.25, 0.3) is 0 Å². The highest BCUT2D eigenvalue weighted by Gasteiger charge is 2.14. The highest BCUT2D eigenvalue weighted by molar-refractivity contribution is 9.10. The van der Waals surface area contributed by atoms with Gasteiger partial charge in [0.15, 0.2) is 0 Å². The highest BCUT2D eigenvalue weighted by atomic mass is 79.9. The first kappa shape index (κ1) is 14.3. The number of rotatable bonds is 4. The van der Waals surface area contributed by atoms with Crippen molar-refractivity contribution >= 4 is 43.2 Å². The molecular weight excluding hydrogens is 374 g/mol. The second-order valence-corrected chi connectivity index (χ2v) is 7.02. The molecule has 4 heteroatoms. The molecule has 0 fully saturated rings. The first-order valence-corrected chi connectivity index (χ1v) is 8.29. The fraction of sp³-hybridized carbons (Fsp3) is 0.286. The SMILES string of the molecule is CC(NC(C)c1sccc1Br)c1cccc(Br)c1. The summed E-state index contributed by atoms with van der Waals surface area (Å²) >= 11 is 8.88. The van der Waals surface area contributed by atoms with Gasteiger partial charge in [-0.15, -0.1) is 11.3 Å². The number of hydrogen-bond acceptors (Lipinski definition) is 2. The van der Waals surface area contributed by atoms with Gasteiger partial charge in [-0.3, -0.25) is 0 Å². The number of halogens is 2. The summed E-state index contributed by atoms with van der Waals surface area (Å²) in [4.78, 5) is 1.34. The molecule has 0 saturated carbocycles. The monoisotopic (exact) mass is 387 g/mol. The van der Waals surface area contributed by atoms with Gasteiger partial charge in [0, 0.05) is 25.9 Å². The summed E-state index contributed by atoms with van der Waals surface area (Å²) in [5.41, 5.74) is 1.30. The minimum atomic E-state index is 0.325. The van der Waals surface area contributed by atoms with Gasteiger partial charge >= 0.3 is 0 Å². The third-order valence-corrected chi connectivity index (χ3v) is 5.43. The van der Waals surface area contributed by atoms with E-state index >= 15 is 0 Å². The predicted octanol–water partition coefficient (Wildman–Crippen LogP) is 5.68. The Bertz CT molecular complexity index is 524. The molecule has 1 heterocycles. The Morgan fingerprint density at radius 3 is 2.50 bits per heavy atom. The Hall–Kier alpha value is -0.160. The summed E-state index contributed by atoms with van der Waals surface area (Å²) < 4.78 is 2.31. The molecule has 1 aromatic carbocycles. The average molecular weight is 389 g/mol. The Morgan fingerprint density at radius 1 is 1.11 bits per heavy atom. The molecule has 1 nitrogen and oxygen atoms in total. The van der Waals surface area contributed by atoms with Crippen molar-refractivity contribution in [3.8, 4) is 0 Å². The topological polar surface area (TPSA) is 12.0 Å². The van der Waals surface area contributed by atoms with E-state index in [4.69, 9.17) is 0 Å². The second-order valence-electron chi connectivity index (χ2n) is 4.30. The standard InChI is InChI=1S/C14H15Br2NS/c1-9(11-4-3-5-12(15)8-11)17-10(2)14-13(16)6-7-18-14/h3-10,17H,1-2H3. The van der Waals surface area contributed by atoms with Crippen LogP contribution in [0.5, 0.6) is 0 Å². The summed E-state index contributed by atoms with van der Waals surface area (Å²) in [6, 6.07) is 11.2. The summed E-state index contributed by atoms with van der Waals surface area (Å²) in [6.07, 6.45) is 0. The Balaban J connectivity index is 2.08. The zero-order chi connectivity index (χ0) is 13.1. The van der Waals surface area contributed by atoms with E-state index < -0.39 is 0 Å². The van der Waals surface area contributed by atoms with Gasteiger partial charge in [0.05, 0.1) is 0 Å². The molecule has 0 aliphatic rings. The van der Waals surface area contributed by atoms with Crippen molar-refractivity contribution in [2.45, 2.75) is 25.9 Å². The van der Waals surface area contributed by atoms with Crippen molar-refractivity contribution in [1.82, 2.24) is 5.32 Å². The third kappa shape index (κ3) is 3.44. The van der Waals surface area contributed by atoms with Gasteiger partial charge in [0.2, 0.25) is 0 Å². The van der Waals surface area contributed by atoms with Crippen LogP contribution in [0.1, 0.15) is 36.4 Å². The maximum atomic E-state index is 3.63. The van der Waals surface area contributed by atoms with Gasteiger partial charge in [0.1, 0.15) is 0 Å². The lowest BCUT2D eigenvalue weighted by Gasteiger charge is -2.20. The predicted molar refractivity (Wildman–Crippen MR) is 86.1 cm³/mol. The van der Waals surface area contributed by atoms with Crippen LogP contribution in [0.25, 0.3) is 0 Å². The quantitative estimate of drug-likeness (QED) is 0.709. The molecule has 96 valence electrons. The number of nitrogens with one attached hydrogen (secondary N) is 1.